The van der Waals surface area contributed by atoms with Crippen molar-refractivity contribution < 1.29 is 14.3 Å². The number of nitrogens with zero attached hydrogens (tertiary/aromatic N) is 2. The minimum Gasteiger partial charge on any atom is -0.444 e. The predicted octanol–water partition coefficient (Wildman–Crippen LogP) is 2.47. The molecule has 0 radical (unpaired) electrons. The summed E-state index contributed by atoms with van der Waals surface area (Å²) in [7, 11) is 0. The van der Waals surface area contributed by atoms with E-state index in [0.717, 1.165) is 31.9 Å². The molecule has 2 unspecified atom stereocenters. The monoisotopic (exact) mass is 511 g/mol. The molecular formula is C19H38IN5O3. The summed E-state index contributed by atoms with van der Waals surface area (Å²) in [4.78, 5) is 30.5. The van der Waals surface area contributed by atoms with Gasteiger partial charge in [0.25, 0.3) is 0 Å². The zero-order valence-corrected chi connectivity index (χ0v) is 20.5. The van der Waals surface area contributed by atoms with Crippen LogP contribution in [0.15, 0.2) is 4.99 Å². The van der Waals surface area contributed by atoms with Crippen LogP contribution in [0, 0.1) is 0 Å². The van der Waals surface area contributed by atoms with Gasteiger partial charge in [0.2, 0.25) is 5.91 Å². The zero-order valence-electron chi connectivity index (χ0n) is 18.1. The standard InChI is InChI=1S/C19H37N5O3.HI/c1-7-14(3)22-16(25)9-11-21-17(20-8-2)24-12-10-15(13-24)23-18(26)27-19(4,5)6;/h14-15H,7-13H2,1-6H3,(H,20,21)(H,22,25)(H,23,26);1H. The number of carbonyl (C=O) groups is 2. The third-order valence-electron chi connectivity index (χ3n) is 4.16. The molecule has 1 heterocycles. The van der Waals surface area contributed by atoms with E-state index in [1.807, 2.05) is 41.5 Å². The first kappa shape index (κ1) is 26.7. The summed E-state index contributed by atoms with van der Waals surface area (Å²) in [5.74, 6) is 0.803. The maximum absolute atomic E-state index is 11.9. The largest absolute Gasteiger partial charge is 0.444 e. The number of likely N-dealkylation sites (tertiary alicyclic amines) is 1. The summed E-state index contributed by atoms with van der Waals surface area (Å²) in [6, 6.07) is 0.213. The Morgan fingerprint density at radius 2 is 1.96 bits per heavy atom. The molecule has 28 heavy (non-hydrogen) atoms. The highest BCUT2D eigenvalue weighted by Gasteiger charge is 2.27. The summed E-state index contributed by atoms with van der Waals surface area (Å²) < 4.78 is 5.32. The molecule has 9 heteroatoms. The highest BCUT2D eigenvalue weighted by molar-refractivity contribution is 14.0. The van der Waals surface area contributed by atoms with Crippen LogP contribution >= 0.6 is 24.0 Å². The molecule has 0 aromatic heterocycles. The van der Waals surface area contributed by atoms with E-state index in [-0.39, 0.29) is 42.0 Å². The molecule has 1 fully saturated rings. The van der Waals surface area contributed by atoms with Crippen LogP contribution in [-0.4, -0.2) is 66.7 Å². The van der Waals surface area contributed by atoms with E-state index >= 15 is 0 Å². The molecule has 0 saturated carbocycles. The van der Waals surface area contributed by atoms with E-state index in [1.165, 1.54) is 0 Å². The number of hydrogen-bond acceptors (Lipinski definition) is 4. The fourth-order valence-corrected chi connectivity index (χ4v) is 2.68. The van der Waals surface area contributed by atoms with E-state index in [0.29, 0.717) is 19.5 Å². The first-order valence-electron chi connectivity index (χ1n) is 9.96. The number of nitrogens with one attached hydrogen (secondary N) is 3. The smallest absolute Gasteiger partial charge is 0.407 e. The van der Waals surface area contributed by atoms with Crippen molar-refractivity contribution in [2.24, 2.45) is 4.99 Å². The van der Waals surface area contributed by atoms with Gasteiger partial charge in [-0.1, -0.05) is 6.92 Å². The number of guanidine groups is 1. The molecule has 164 valence electrons. The zero-order chi connectivity index (χ0) is 20.4. The third-order valence-corrected chi connectivity index (χ3v) is 4.16. The van der Waals surface area contributed by atoms with Crippen molar-refractivity contribution in [2.45, 2.75) is 78.5 Å². The lowest BCUT2D eigenvalue weighted by molar-refractivity contribution is -0.121. The number of amides is 2. The molecule has 1 aliphatic rings. The molecule has 1 rings (SSSR count). The van der Waals surface area contributed by atoms with Crippen molar-refractivity contribution in [2.75, 3.05) is 26.2 Å². The molecule has 8 nitrogen and oxygen atoms in total. The Kier molecular flexibility index (Phi) is 12.5. The van der Waals surface area contributed by atoms with Crippen LogP contribution in [0.25, 0.3) is 0 Å². The van der Waals surface area contributed by atoms with E-state index in [1.54, 1.807) is 0 Å². The fourth-order valence-electron chi connectivity index (χ4n) is 2.68. The molecule has 1 aliphatic heterocycles. The molecule has 0 aromatic carbocycles. The second-order valence-corrected chi connectivity index (χ2v) is 7.94. The number of hydrogen-bond donors (Lipinski definition) is 3. The minimum atomic E-state index is -0.505. The first-order valence-corrected chi connectivity index (χ1v) is 9.96. The van der Waals surface area contributed by atoms with Crippen molar-refractivity contribution in [1.29, 1.82) is 0 Å². The number of ether oxygens (including phenoxy) is 1. The number of aliphatic imine (C=N–C) groups is 1. The van der Waals surface area contributed by atoms with Gasteiger partial charge in [-0.05, 0) is 47.5 Å². The maximum atomic E-state index is 11.9. The summed E-state index contributed by atoms with van der Waals surface area (Å²) in [5, 5.41) is 9.13. The van der Waals surface area contributed by atoms with Gasteiger partial charge in [-0.25, -0.2) is 4.79 Å². The van der Waals surface area contributed by atoms with Crippen LogP contribution in [0.1, 0.15) is 60.8 Å². The SMILES string of the molecule is CCNC(=NCCC(=O)NC(C)CC)N1CCC(NC(=O)OC(C)(C)C)C1.I. The molecule has 1 saturated heterocycles. The molecule has 0 bridgehead atoms. The Hall–Kier alpha value is -1.26. The molecule has 3 N–H and O–H groups in total. The van der Waals surface area contributed by atoms with Gasteiger partial charge < -0.3 is 25.6 Å². The second-order valence-electron chi connectivity index (χ2n) is 7.94. The van der Waals surface area contributed by atoms with Gasteiger partial charge in [-0.15, -0.1) is 24.0 Å². The van der Waals surface area contributed by atoms with Gasteiger partial charge in [0.15, 0.2) is 5.96 Å². The van der Waals surface area contributed by atoms with E-state index in [2.05, 4.69) is 25.8 Å². The van der Waals surface area contributed by atoms with Gasteiger partial charge in [0.1, 0.15) is 5.60 Å². The van der Waals surface area contributed by atoms with Crippen molar-refractivity contribution in [1.82, 2.24) is 20.9 Å². The summed E-state index contributed by atoms with van der Waals surface area (Å²) in [5.41, 5.74) is -0.505. The quantitative estimate of drug-likeness (QED) is 0.278. The molecular weight excluding hydrogens is 473 g/mol. The summed E-state index contributed by atoms with van der Waals surface area (Å²) in [6.45, 7) is 14.2. The Morgan fingerprint density at radius 1 is 1.29 bits per heavy atom. The number of carbonyl (C=O) groups excluding carboxylic acids is 2. The maximum Gasteiger partial charge on any atom is 0.407 e. The Balaban J connectivity index is 0.00000729. The predicted molar refractivity (Wildman–Crippen MR) is 123 cm³/mol. The van der Waals surface area contributed by atoms with Gasteiger partial charge >= 0.3 is 6.09 Å². The lowest BCUT2D eigenvalue weighted by Gasteiger charge is -2.23. The van der Waals surface area contributed by atoms with Crippen molar-refractivity contribution in [3.8, 4) is 0 Å². The second kappa shape index (κ2) is 13.1. The number of halogens is 1. The molecule has 0 spiro atoms. The summed E-state index contributed by atoms with van der Waals surface area (Å²) >= 11 is 0. The van der Waals surface area contributed by atoms with Gasteiger partial charge in [0, 0.05) is 32.1 Å². The summed E-state index contributed by atoms with van der Waals surface area (Å²) in [6.07, 6.45) is 1.72. The third kappa shape index (κ3) is 10.9. The number of alkyl carbamates (subject to hydrolysis) is 1. The highest BCUT2D eigenvalue weighted by Crippen LogP contribution is 2.12. The lowest BCUT2D eigenvalue weighted by Crippen LogP contribution is -2.44. The molecule has 2 atom stereocenters. The van der Waals surface area contributed by atoms with Crippen molar-refractivity contribution in [3.05, 3.63) is 0 Å². The normalized spacial score (nSPS) is 18.1. The topological polar surface area (TPSA) is 95.1 Å². The van der Waals surface area contributed by atoms with Crippen LogP contribution in [0.3, 0.4) is 0 Å². The lowest BCUT2D eigenvalue weighted by atomic mass is 10.2. The van der Waals surface area contributed by atoms with Gasteiger partial charge in [-0.2, -0.15) is 0 Å². The highest BCUT2D eigenvalue weighted by atomic mass is 127. The molecule has 2 amide bonds. The van der Waals surface area contributed by atoms with Crippen LogP contribution in [0.2, 0.25) is 0 Å². The van der Waals surface area contributed by atoms with Crippen molar-refractivity contribution >= 4 is 41.9 Å². The van der Waals surface area contributed by atoms with Gasteiger partial charge in [0.05, 0.1) is 12.6 Å². The average molecular weight is 511 g/mol. The van der Waals surface area contributed by atoms with Crippen LogP contribution < -0.4 is 16.0 Å². The average Bonchev–Trinajstić information content (AvgIpc) is 3.00. The van der Waals surface area contributed by atoms with E-state index < -0.39 is 11.7 Å². The van der Waals surface area contributed by atoms with E-state index in [9.17, 15) is 9.59 Å². The van der Waals surface area contributed by atoms with Crippen LogP contribution in [-0.2, 0) is 9.53 Å². The number of rotatable bonds is 7. The molecule has 0 aromatic rings. The molecule has 0 aliphatic carbocycles. The Labute approximate surface area is 186 Å². The Morgan fingerprint density at radius 3 is 2.54 bits per heavy atom. The minimum absolute atomic E-state index is 0. The first-order chi connectivity index (χ1) is 12.6. The van der Waals surface area contributed by atoms with Crippen LogP contribution in [0.4, 0.5) is 4.79 Å². The fraction of sp³-hybridized carbons (Fsp3) is 0.842. The Bertz CT molecular complexity index is 522. The van der Waals surface area contributed by atoms with Gasteiger partial charge in [-0.3, -0.25) is 9.79 Å². The van der Waals surface area contributed by atoms with Crippen LogP contribution in [0.5, 0.6) is 0 Å². The van der Waals surface area contributed by atoms with E-state index in [4.69, 9.17) is 4.74 Å². The van der Waals surface area contributed by atoms with Crippen molar-refractivity contribution in [3.63, 3.8) is 0 Å².